The Kier molecular flexibility index (Phi) is 3.38. The molecule has 0 amide bonds. The number of hydrogen-bond donors (Lipinski definition) is 0. The summed E-state index contributed by atoms with van der Waals surface area (Å²) in [5, 5.41) is 11.4. The van der Waals surface area contributed by atoms with Gasteiger partial charge in [0, 0.05) is 22.3 Å². The van der Waals surface area contributed by atoms with Crippen LogP contribution in [0.5, 0.6) is 0 Å². The Hall–Kier alpha value is -1.65. The molecular formula is C10H5ClF2N4O2S2. The van der Waals surface area contributed by atoms with Gasteiger partial charge >= 0.3 is 0 Å². The third-order valence-electron chi connectivity index (χ3n) is 2.57. The molecule has 0 aliphatic rings. The van der Waals surface area contributed by atoms with Crippen LogP contribution in [-0.2, 0) is 9.05 Å². The Balaban J connectivity index is 2.08. The molecule has 3 aromatic rings. The van der Waals surface area contributed by atoms with Crippen LogP contribution in [0.4, 0.5) is 8.78 Å². The van der Waals surface area contributed by atoms with Gasteiger partial charge in [-0.3, -0.25) is 0 Å². The molecule has 6 nitrogen and oxygen atoms in total. The molecule has 3 rings (SSSR count). The van der Waals surface area contributed by atoms with Gasteiger partial charge in [0.2, 0.25) is 5.13 Å². The molecule has 21 heavy (non-hydrogen) atoms. The summed E-state index contributed by atoms with van der Waals surface area (Å²) in [6, 6.07) is 4.15. The second kappa shape index (κ2) is 4.97. The molecule has 2 heterocycles. The zero-order valence-electron chi connectivity index (χ0n) is 9.94. The van der Waals surface area contributed by atoms with Crippen molar-refractivity contribution in [2.24, 2.45) is 0 Å². The van der Waals surface area contributed by atoms with E-state index in [-0.39, 0.29) is 10.0 Å². The van der Waals surface area contributed by atoms with Gasteiger partial charge in [0.15, 0.2) is 5.01 Å². The highest BCUT2D eigenvalue weighted by Gasteiger charge is 2.17. The average molecular weight is 351 g/mol. The van der Waals surface area contributed by atoms with Crippen LogP contribution in [0.2, 0.25) is 0 Å². The summed E-state index contributed by atoms with van der Waals surface area (Å²) < 4.78 is 48.7. The monoisotopic (exact) mass is 350 g/mol. The van der Waals surface area contributed by atoms with Crippen LogP contribution in [0.3, 0.4) is 0 Å². The van der Waals surface area contributed by atoms with E-state index in [9.17, 15) is 17.2 Å². The van der Waals surface area contributed by atoms with E-state index in [0.717, 1.165) is 0 Å². The SMILES string of the molecule is O=S(=O)(Cl)c1ccc2cn(-c3nnc(C(F)F)s3)nc2c1. The van der Waals surface area contributed by atoms with E-state index < -0.39 is 20.5 Å². The molecule has 0 saturated heterocycles. The number of alkyl halides is 2. The summed E-state index contributed by atoms with van der Waals surface area (Å²) in [6.07, 6.45) is -1.16. The Bertz CT molecular complexity index is 922. The molecule has 1 aromatic carbocycles. The van der Waals surface area contributed by atoms with E-state index in [2.05, 4.69) is 15.3 Å². The van der Waals surface area contributed by atoms with Crippen LogP contribution in [0.25, 0.3) is 16.0 Å². The molecule has 0 N–H and O–H groups in total. The first kappa shape index (κ1) is 14.3. The Morgan fingerprint density at radius 3 is 2.67 bits per heavy atom. The lowest BCUT2D eigenvalue weighted by molar-refractivity contribution is 0.150. The molecule has 11 heteroatoms. The normalized spacial score (nSPS) is 12.4. The quantitative estimate of drug-likeness (QED) is 0.679. The van der Waals surface area contributed by atoms with Gasteiger partial charge in [-0.2, -0.15) is 5.10 Å². The fourth-order valence-electron chi connectivity index (χ4n) is 1.65. The molecule has 0 unspecified atom stereocenters. The lowest BCUT2D eigenvalue weighted by Gasteiger charge is -1.94. The lowest BCUT2D eigenvalue weighted by Crippen LogP contribution is -1.93. The molecule has 0 atom stereocenters. The van der Waals surface area contributed by atoms with Gasteiger partial charge in [0.05, 0.1) is 10.4 Å². The molecule has 110 valence electrons. The minimum atomic E-state index is -3.86. The third-order valence-corrected chi connectivity index (χ3v) is 4.84. The maximum absolute atomic E-state index is 12.5. The van der Waals surface area contributed by atoms with Gasteiger partial charge in [-0.05, 0) is 18.2 Å². The molecular weight excluding hydrogens is 346 g/mol. The Morgan fingerprint density at radius 2 is 2.05 bits per heavy atom. The maximum Gasteiger partial charge on any atom is 0.291 e. The topological polar surface area (TPSA) is 77.7 Å². The van der Waals surface area contributed by atoms with Crippen LogP contribution in [0.15, 0.2) is 29.3 Å². The van der Waals surface area contributed by atoms with E-state index in [1.165, 1.54) is 29.1 Å². The predicted molar refractivity (Wildman–Crippen MR) is 72.5 cm³/mol. The van der Waals surface area contributed by atoms with Crippen molar-refractivity contribution in [3.63, 3.8) is 0 Å². The molecule has 0 saturated carbocycles. The van der Waals surface area contributed by atoms with Crippen LogP contribution in [0, 0.1) is 0 Å². The fourth-order valence-corrected chi connectivity index (χ4v) is 3.05. The summed E-state index contributed by atoms with van der Waals surface area (Å²) in [5.74, 6) is 0. The lowest BCUT2D eigenvalue weighted by atomic mass is 10.3. The fraction of sp³-hybridized carbons (Fsp3) is 0.100. The maximum atomic E-state index is 12.5. The summed E-state index contributed by atoms with van der Waals surface area (Å²) in [5.41, 5.74) is 0.352. The third kappa shape index (κ3) is 2.74. The van der Waals surface area contributed by atoms with Gasteiger partial charge in [-0.1, -0.05) is 11.3 Å². The zero-order valence-corrected chi connectivity index (χ0v) is 12.3. The van der Waals surface area contributed by atoms with E-state index in [4.69, 9.17) is 10.7 Å². The second-order valence-electron chi connectivity index (χ2n) is 3.96. The Labute approximate surface area is 125 Å². The van der Waals surface area contributed by atoms with Crippen LogP contribution >= 0.6 is 22.0 Å². The number of fused-ring (bicyclic) bond motifs is 1. The minimum absolute atomic E-state index is 0.0903. The van der Waals surface area contributed by atoms with Crippen molar-refractivity contribution in [2.75, 3.05) is 0 Å². The van der Waals surface area contributed by atoms with Gasteiger partial charge in [-0.25, -0.2) is 21.9 Å². The van der Waals surface area contributed by atoms with E-state index in [0.29, 0.717) is 22.2 Å². The smallest absolute Gasteiger partial charge is 0.211 e. The summed E-state index contributed by atoms with van der Waals surface area (Å²) >= 11 is 0.703. The zero-order chi connectivity index (χ0) is 15.2. The number of benzene rings is 1. The van der Waals surface area contributed by atoms with Crippen molar-refractivity contribution >= 4 is 42.0 Å². The number of hydrogen-bond acceptors (Lipinski definition) is 6. The van der Waals surface area contributed by atoms with Crippen molar-refractivity contribution in [3.8, 4) is 5.13 Å². The van der Waals surface area contributed by atoms with Gasteiger partial charge in [-0.15, -0.1) is 10.2 Å². The standard InChI is InChI=1S/C10H5ClF2N4O2S2/c11-21(18,19)6-2-1-5-4-17(16-7(5)3-6)10-15-14-9(20-10)8(12)13/h1-4,8H. The summed E-state index contributed by atoms with van der Waals surface area (Å²) in [7, 11) is 1.40. The van der Waals surface area contributed by atoms with Crippen LogP contribution < -0.4 is 0 Å². The van der Waals surface area contributed by atoms with Gasteiger partial charge < -0.3 is 0 Å². The summed E-state index contributed by atoms with van der Waals surface area (Å²) in [4.78, 5) is -0.0903. The number of rotatable bonds is 3. The molecule has 0 bridgehead atoms. The average Bonchev–Trinajstić information content (AvgIpc) is 3.03. The highest BCUT2D eigenvalue weighted by molar-refractivity contribution is 8.13. The van der Waals surface area contributed by atoms with Crippen molar-refractivity contribution < 1.29 is 17.2 Å². The van der Waals surface area contributed by atoms with Crippen molar-refractivity contribution in [3.05, 3.63) is 29.4 Å². The second-order valence-corrected chi connectivity index (χ2v) is 7.51. The molecule has 0 aliphatic carbocycles. The van der Waals surface area contributed by atoms with Gasteiger partial charge in [0.25, 0.3) is 15.5 Å². The first-order chi connectivity index (χ1) is 9.84. The highest BCUT2D eigenvalue weighted by Crippen LogP contribution is 2.26. The van der Waals surface area contributed by atoms with Crippen molar-refractivity contribution in [1.82, 2.24) is 20.0 Å². The molecule has 0 radical (unpaired) electrons. The minimum Gasteiger partial charge on any atom is -0.211 e. The first-order valence-corrected chi connectivity index (χ1v) is 8.53. The van der Waals surface area contributed by atoms with Crippen molar-refractivity contribution in [2.45, 2.75) is 11.3 Å². The van der Waals surface area contributed by atoms with Crippen LogP contribution in [-0.4, -0.2) is 28.4 Å². The van der Waals surface area contributed by atoms with Crippen molar-refractivity contribution in [1.29, 1.82) is 0 Å². The van der Waals surface area contributed by atoms with E-state index >= 15 is 0 Å². The molecule has 0 aliphatic heterocycles. The molecule has 0 fully saturated rings. The predicted octanol–water partition coefficient (Wildman–Crippen LogP) is 2.74. The molecule has 2 aromatic heterocycles. The highest BCUT2D eigenvalue weighted by atomic mass is 35.7. The van der Waals surface area contributed by atoms with E-state index in [1.807, 2.05) is 0 Å². The van der Waals surface area contributed by atoms with Gasteiger partial charge in [0.1, 0.15) is 0 Å². The number of nitrogens with zero attached hydrogens (tertiary/aromatic N) is 4. The number of halogens is 3. The molecule has 0 spiro atoms. The Morgan fingerprint density at radius 1 is 1.29 bits per heavy atom. The number of aromatic nitrogens is 4. The first-order valence-electron chi connectivity index (χ1n) is 5.40. The van der Waals surface area contributed by atoms with E-state index in [1.54, 1.807) is 0 Å². The largest absolute Gasteiger partial charge is 0.291 e. The summed E-state index contributed by atoms with van der Waals surface area (Å²) in [6.45, 7) is 0. The van der Waals surface area contributed by atoms with Crippen LogP contribution in [0.1, 0.15) is 11.4 Å².